The van der Waals surface area contributed by atoms with E-state index in [2.05, 4.69) is 4.99 Å². The predicted octanol–water partition coefficient (Wildman–Crippen LogP) is 4.11. The Labute approximate surface area is 155 Å². The van der Waals surface area contributed by atoms with Crippen LogP contribution in [0.4, 0.5) is 13.2 Å². The average Bonchev–Trinajstić information content (AvgIpc) is 2.98. The molecular formula is C18H13F3N2O3S. The van der Waals surface area contributed by atoms with Gasteiger partial charge in [0.2, 0.25) is 0 Å². The third-order valence-electron chi connectivity index (χ3n) is 3.93. The lowest BCUT2D eigenvalue weighted by Crippen LogP contribution is -2.25. The first-order chi connectivity index (χ1) is 12.7. The second kappa shape index (κ2) is 6.99. The lowest BCUT2D eigenvalue weighted by molar-refractivity contribution is -0.140. The van der Waals surface area contributed by atoms with Gasteiger partial charge >= 0.3 is 12.1 Å². The normalized spacial score (nSPS) is 13.7. The number of alkyl halides is 3. The number of hydrogen-bond acceptors (Lipinski definition) is 3. The Kier molecular flexibility index (Phi) is 4.88. The molecule has 0 saturated heterocycles. The molecule has 27 heavy (non-hydrogen) atoms. The van der Waals surface area contributed by atoms with Gasteiger partial charge in [-0.1, -0.05) is 23.5 Å². The molecule has 1 aromatic heterocycles. The van der Waals surface area contributed by atoms with Gasteiger partial charge in [0.1, 0.15) is 6.04 Å². The number of fused-ring (bicyclic) bond motifs is 1. The van der Waals surface area contributed by atoms with E-state index < -0.39 is 29.7 Å². The molecule has 0 spiro atoms. The number of aromatic nitrogens is 1. The second-order valence-electron chi connectivity index (χ2n) is 5.73. The zero-order valence-corrected chi connectivity index (χ0v) is 14.7. The van der Waals surface area contributed by atoms with Gasteiger partial charge in [0.05, 0.1) is 15.8 Å². The maximum absolute atomic E-state index is 12.6. The molecule has 0 aliphatic rings. The number of carbonyl (C=O) groups is 2. The summed E-state index contributed by atoms with van der Waals surface area (Å²) in [4.78, 5) is 27.9. The van der Waals surface area contributed by atoms with E-state index in [-0.39, 0.29) is 10.4 Å². The molecule has 0 radical (unpaired) electrons. The number of aliphatic carboxylic acids is 1. The number of amides is 1. The number of thiazole rings is 1. The van der Waals surface area contributed by atoms with Crippen LogP contribution >= 0.6 is 11.3 Å². The highest BCUT2D eigenvalue weighted by molar-refractivity contribution is 7.16. The van der Waals surface area contributed by atoms with Crippen LogP contribution in [-0.2, 0) is 11.0 Å². The van der Waals surface area contributed by atoms with Crippen molar-refractivity contribution in [1.29, 1.82) is 0 Å². The van der Waals surface area contributed by atoms with Crippen LogP contribution in [0.25, 0.3) is 10.2 Å². The topological polar surface area (TPSA) is 71.7 Å². The summed E-state index contributed by atoms with van der Waals surface area (Å²) in [6.07, 6.45) is -4.50. The fourth-order valence-electron chi connectivity index (χ4n) is 2.51. The molecule has 0 saturated carbocycles. The first-order valence-corrected chi connectivity index (χ1v) is 8.59. The maximum Gasteiger partial charge on any atom is 0.416 e. The Morgan fingerprint density at radius 2 is 1.74 bits per heavy atom. The van der Waals surface area contributed by atoms with Crippen molar-refractivity contribution < 1.29 is 27.9 Å². The molecule has 1 unspecified atom stereocenters. The predicted molar refractivity (Wildman–Crippen MR) is 93.5 cm³/mol. The van der Waals surface area contributed by atoms with E-state index >= 15 is 0 Å². The Morgan fingerprint density at radius 1 is 1.11 bits per heavy atom. The summed E-state index contributed by atoms with van der Waals surface area (Å²) >= 11 is 1.13. The Bertz CT molecular complexity index is 1080. The van der Waals surface area contributed by atoms with Gasteiger partial charge in [-0.15, -0.1) is 0 Å². The largest absolute Gasteiger partial charge is 0.480 e. The van der Waals surface area contributed by atoms with E-state index in [1.807, 2.05) is 0 Å². The zero-order valence-electron chi connectivity index (χ0n) is 13.9. The summed E-state index contributed by atoms with van der Waals surface area (Å²) in [6, 6.07) is 9.74. The van der Waals surface area contributed by atoms with Crippen LogP contribution in [0.1, 0.15) is 28.9 Å². The highest BCUT2D eigenvalue weighted by Gasteiger charge is 2.30. The smallest absolute Gasteiger partial charge is 0.416 e. The number of carboxylic acid groups (broad SMARTS) is 1. The SMILES string of the molecule is CC(C(=O)O)n1c(=NC(=O)c2ccc(C(F)(F)F)cc2)sc2ccccc21. The molecule has 0 aliphatic carbocycles. The van der Waals surface area contributed by atoms with Gasteiger partial charge in [0.25, 0.3) is 5.91 Å². The molecule has 9 heteroatoms. The third-order valence-corrected chi connectivity index (χ3v) is 4.97. The first-order valence-electron chi connectivity index (χ1n) is 7.77. The Hall–Kier alpha value is -2.94. The minimum atomic E-state index is -4.50. The van der Waals surface area contributed by atoms with Crippen LogP contribution < -0.4 is 4.80 Å². The lowest BCUT2D eigenvalue weighted by atomic mass is 10.1. The van der Waals surface area contributed by atoms with E-state index in [4.69, 9.17) is 0 Å². The highest BCUT2D eigenvalue weighted by Crippen LogP contribution is 2.29. The molecular weight excluding hydrogens is 381 g/mol. The molecule has 3 rings (SSSR count). The number of benzene rings is 2. The van der Waals surface area contributed by atoms with Crippen molar-refractivity contribution in [2.75, 3.05) is 0 Å². The molecule has 5 nitrogen and oxygen atoms in total. The summed E-state index contributed by atoms with van der Waals surface area (Å²) in [5, 5.41) is 9.35. The van der Waals surface area contributed by atoms with E-state index in [1.165, 1.54) is 11.5 Å². The lowest BCUT2D eigenvalue weighted by Gasteiger charge is -2.10. The van der Waals surface area contributed by atoms with E-state index in [1.54, 1.807) is 24.3 Å². The van der Waals surface area contributed by atoms with Crippen LogP contribution in [0.5, 0.6) is 0 Å². The number of rotatable bonds is 3. The van der Waals surface area contributed by atoms with Gasteiger partial charge in [-0.25, -0.2) is 4.79 Å². The fourth-order valence-corrected chi connectivity index (χ4v) is 3.61. The average molecular weight is 394 g/mol. The minimum Gasteiger partial charge on any atom is -0.480 e. The monoisotopic (exact) mass is 394 g/mol. The minimum absolute atomic E-state index is 0.0185. The first kappa shape index (κ1) is 18.8. The van der Waals surface area contributed by atoms with Gasteiger partial charge in [-0.05, 0) is 43.3 Å². The molecule has 2 aromatic carbocycles. The van der Waals surface area contributed by atoms with Gasteiger partial charge in [-0.3, -0.25) is 4.79 Å². The quantitative estimate of drug-likeness (QED) is 0.727. The second-order valence-corrected chi connectivity index (χ2v) is 6.74. The summed E-state index contributed by atoms with van der Waals surface area (Å²) < 4.78 is 40.1. The van der Waals surface area contributed by atoms with Gasteiger partial charge in [0, 0.05) is 5.56 Å². The van der Waals surface area contributed by atoms with Crippen molar-refractivity contribution >= 4 is 33.4 Å². The van der Waals surface area contributed by atoms with Crippen molar-refractivity contribution in [2.45, 2.75) is 19.1 Å². The van der Waals surface area contributed by atoms with Crippen molar-refractivity contribution in [3.8, 4) is 0 Å². The third kappa shape index (κ3) is 3.77. The van der Waals surface area contributed by atoms with Crippen molar-refractivity contribution in [2.24, 2.45) is 4.99 Å². The standard InChI is InChI=1S/C18H13F3N2O3S/c1-10(16(25)26)23-13-4-2-3-5-14(13)27-17(23)22-15(24)11-6-8-12(9-7-11)18(19,20)21/h2-10H,1H3,(H,25,26). The number of halogens is 3. The Morgan fingerprint density at radius 3 is 2.33 bits per heavy atom. The number of nitrogens with zero attached hydrogens (tertiary/aromatic N) is 2. The zero-order chi connectivity index (χ0) is 19.8. The number of carbonyl (C=O) groups excluding carboxylic acids is 1. The Balaban J connectivity index is 2.08. The van der Waals surface area contributed by atoms with E-state index in [0.717, 1.165) is 40.3 Å². The summed E-state index contributed by atoms with van der Waals surface area (Å²) in [5.74, 6) is -1.84. The fraction of sp³-hybridized carbons (Fsp3) is 0.167. The summed E-state index contributed by atoms with van der Waals surface area (Å²) in [7, 11) is 0. The van der Waals surface area contributed by atoms with Gasteiger partial charge < -0.3 is 9.67 Å². The number of carboxylic acids is 1. The molecule has 0 aliphatic heterocycles. The molecule has 1 atom stereocenters. The molecule has 3 aromatic rings. The molecule has 1 heterocycles. The van der Waals surface area contributed by atoms with Crippen LogP contribution in [0, 0.1) is 0 Å². The molecule has 1 amide bonds. The number of hydrogen-bond donors (Lipinski definition) is 1. The molecule has 140 valence electrons. The summed E-state index contributed by atoms with van der Waals surface area (Å²) in [6.45, 7) is 1.46. The van der Waals surface area contributed by atoms with Crippen molar-refractivity contribution in [1.82, 2.24) is 4.57 Å². The molecule has 0 fully saturated rings. The van der Waals surface area contributed by atoms with Gasteiger partial charge in [0.15, 0.2) is 4.80 Å². The maximum atomic E-state index is 12.6. The van der Waals surface area contributed by atoms with Crippen LogP contribution in [0.2, 0.25) is 0 Å². The van der Waals surface area contributed by atoms with Crippen molar-refractivity contribution in [3.63, 3.8) is 0 Å². The highest BCUT2D eigenvalue weighted by atomic mass is 32.1. The van der Waals surface area contributed by atoms with Crippen LogP contribution in [0.15, 0.2) is 53.5 Å². The van der Waals surface area contributed by atoms with E-state index in [9.17, 15) is 27.9 Å². The summed E-state index contributed by atoms with van der Waals surface area (Å²) in [5.41, 5.74) is -0.276. The van der Waals surface area contributed by atoms with Crippen molar-refractivity contribution in [3.05, 3.63) is 64.5 Å². The van der Waals surface area contributed by atoms with E-state index in [0.29, 0.717) is 5.52 Å². The van der Waals surface area contributed by atoms with Crippen LogP contribution in [-0.4, -0.2) is 21.6 Å². The van der Waals surface area contributed by atoms with Crippen LogP contribution in [0.3, 0.4) is 0 Å². The van der Waals surface area contributed by atoms with Gasteiger partial charge in [-0.2, -0.15) is 18.2 Å². The molecule has 1 N–H and O–H groups in total. The molecule has 0 bridgehead atoms. The number of para-hydroxylation sites is 1.